The van der Waals surface area contributed by atoms with E-state index in [1.54, 1.807) is 0 Å². The van der Waals surface area contributed by atoms with Crippen molar-refractivity contribution in [3.8, 4) is 0 Å². The molecular formula is C14H23N3O3. The zero-order chi connectivity index (χ0) is 14.1. The Morgan fingerprint density at radius 2 is 1.95 bits per heavy atom. The summed E-state index contributed by atoms with van der Waals surface area (Å²) < 4.78 is 0. The molecule has 2 unspecified atom stereocenters. The quantitative estimate of drug-likeness (QED) is 0.672. The van der Waals surface area contributed by atoms with Gasteiger partial charge in [0.2, 0.25) is 0 Å². The van der Waals surface area contributed by atoms with E-state index in [9.17, 15) is 9.59 Å². The molecule has 6 heteroatoms. The molecule has 2 saturated carbocycles. The fourth-order valence-electron chi connectivity index (χ4n) is 3.09. The summed E-state index contributed by atoms with van der Waals surface area (Å²) in [6.07, 6.45) is 5.66. The van der Waals surface area contributed by atoms with Gasteiger partial charge in [-0.2, -0.15) is 0 Å². The van der Waals surface area contributed by atoms with Gasteiger partial charge in [-0.1, -0.05) is 0 Å². The number of likely N-dealkylation sites (tertiary alicyclic amines) is 1. The molecule has 0 bridgehead atoms. The van der Waals surface area contributed by atoms with Crippen LogP contribution in [0.25, 0.3) is 0 Å². The van der Waals surface area contributed by atoms with Gasteiger partial charge in [-0.15, -0.1) is 0 Å². The zero-order valence-electron chi connectivity index (χ0n) is 11.7. The molecule has 3 fully saturated rings. The van der Waals surface area contributed by atoms with Crippen LogP contribution in [-0.2, 0) is 4.79 Å². The predicted octanol–water partition coefficient (Wildman–Crippen LogP) is 0.776. The highest BCUT2D eigenvalue weighted by Gasteiger charge is 2.36. The van der Waals surface area contributed by atoms with E-state index in [0.717, 1.165) is 38.4 Å². The molecule has 112 valence electrons. The summed E-state index contributed by atoms with van der Waals surface area (Å²) >= 11 is 0. The Hall–Kier alpha value is -1.30. The van der Waals surface area contributed by atoms with Crippen LogP contribution >= 0.6 is 0 Å². The lowest BCUT2D eigenvalue weighted by Crippen LogP contribution is -2.48. The number of hydrogen-bond acceptors (Lipinski definition) is 3. The lowest BCUT2D eigenvalue weighted by Gasteiger charge is -2.20. The first-order chi connectivity index (χ1) is 9.61. The van der Waals surface area contributed by atoms with E-state index in [0.29, 0.717) is 5.92 Å². The van der Waals surface area contributed by atoms with Gasteiger partial charge in [0.05, 0.1) is 6.42 Å². The number of carbonyl (C=O) groups excluding carboxylic acids is 1. The second-order valence-corrected chi connectivity index (χ2v) is 6.37. The van der Waals surface area contributed by atoms with Crippen molar-refractivity contribution in [3.05, 3.63) is 0 Å². The number of nitrogens with zero attached hydrogens (tertiary/aromatic N) is 1. The van der Waals surface area contributed by atoms with Crippen molar-refractivity contribution in [3.63, 3.8) is 0 Å². The number of urea groups is 1. The molecule has 0 radical (unpaired) electrons. The van der Waals surface area contributed by atoms with E-state index < -0.39 is 5.97 Å². The molecule has 2 amide bonds. The number of rotatable bonds is 6. The van der Waals surface area contributed by atoms with E-state index in [1.807, 2.05) is 0 Å². The average Bonchev–Trinajstić information content (AvgIpc) is 3.27. The maximum atomic E-state index is 12.0. The molecule has 6 nitrogen and oxygen atoms in total. The van der Waals surface area contributed by atoms with Gasteiger partial charge >= 0.3 is 12.0 Å². The van der Waals surface area contributed by atoms with Crippen LogP contribution in [0, 0.1) is 5.92 Å². The predicted molar refractivity (Wildman–Crippen MR) is 73.4 cm³/mol. The molecule has 1 heterocycles. The van der Waals surface area contributed by atoms with Gasteiger partial charge in [-0.05, 0) is 38.0 Å². The maximum absolute atomic E-state index is 12.0. The molecule has 3 aliphatic rings. The Labute approximate surface area is 118 Å². The van der Waals surface area contributed by atoms with Crippen molar-refractivity contribution in [2.45, 2.75) is 56.7 Å². The second-order valence-electron chi connectivity index (χ2n) is 6.37. The first kappa shape index (κ1) is 13.7. The molecule has 1 aliphatic heterocycles. The third kappa shape index (κ3) is 3.62. The van der Waals surface area contributed by atoms with Crippen LogP contribution in [0.4, 0.5) is 4.79 Å². The molecular weight excluding hydrogens is 258 g/mol. The van der Waals surface area contributed by atoms with Gasteiger partial charge < -0.3 is 15.7 Å². The Balaban J connectivity index is 1.42. The van der Waals surface area contributed by atoms with Gasteiger partial charge in [0.25, 0.3) is 0 Å². The summed E-state index contributed by atoms with van der Waals surface area (Å²) in [6, 6.07) is 0.538. The molecule has 1 saturated heterocycles. The minimum absolute atomic E-state index is 0.0248. The van der Waals surface area contributed by atoms with Crippen LogP contribution < -0.4 is 10.6 Å². The fraction of sp³-hybridized carbons (Fsp3) is 0.857. The number of carbonyl (C=O) groups is 2. The van der Waals surface area contributed by atoms with Gasteiger partial charge in [-0.3, -0.25) is 9.69 Å². The van der Waals surface area contributed by atoms with Crippen LogP contribution in [0.3, 0.4) is 0 Å². The molecule has 3 rings (SSSR count). The second kappa shape index (κ2) is 5.60. The Morgan fingerprint density at radius 3 is 2.55 bits per heavy atom. The SMILES string of the molecule is O=C(O)CC(NC(=O)NC1CCN(C2CC2)C1)C1CC1. The summed E-state index contributed by atoms with van der Waals surface area (Å²) in [7, 11) is 0. The largest absolute Gasteiger partial charge is 0.481 e. The van der Waals surface area contributed by atoms with E-state index in [2.05, 4.69) is 15.5 Å². The van der Waals surface area contributed by atoms with Crippen LogP contribution in [-0.4, -0.2) is 53.2 Å². The van der Waals surface area contributed by atoms with Crippen molar-refractivity contribution in [1.82, 2.24) is 15.5 Å². The highest BCUT2D eigenvalue weighted by atomic mass is 16.4. The first-order valence-electron chi connectivity index (χ1n) is 7.64. The van der Waals surface area contributed by atoms with Gasteiger partial charge in [0.15, 0.2) is 0 Å². The van der Waals surface area contributed by atoms with Crippen molar-refractivity contribution >= 4 is 12.0 Å². The van der Waals surface area contributed by atoms with Crippen molar-refractivity contribution < 1.29 is 14.7 Å². The summed E-state index contributed by atoms with van der Waals surface area (Å²) in [5.74, 6) is -0.494. The lowest BCUT2D eigenvalue weighted by molar-refractivity contribution is -0.137. The van der Waals surface area contributed by atoms with Crippen molar-refractivity contribution in [2.75, 3.05) is 13.1 Å². The smallest absolute Gasteiger partial charge is 0.315 e. The molecule has 0 aromatic heterocycles. The molecule has 0 aromatic rings. The van der Waals surface area contributed by atoms with E-state index in [4.69, 9.17) is 5.11 Å². The third-order valence-corrected chi connectivity index (χ3v) is 4.52. The third-order valence-electron chi connectivity index (χ3n) is 4.52. The number of carboxylic acids is 1. The summed E-state index contributed by atoms with van der Waals surface area (Å²) in [5, 5.41) is 14.7. The lowest BCUT2D eigenvalue weighted by atomic mass is 10.1. The summed E-state index contributed by atoms with van der Waals surface area (Å²) in [6.45, 7) is 2.00. The topological polar surface area (TPSA) is 81.7 Å². The number of nitrogens with one attached hydrogen (secondary N) is 2. The molecule has 0 spiro atoms. The standard InChI is InChI=1S/C14H23N3O3/c18-13(19)7-12(9-1-2-9)16-14(20)15-10-5-6-17(8-10)11-3-4-11/h9-12H,1-8H2,(H,18,19)(H2,15,16,20). The van der Waals surface area contributed by atoms with E-state index in [1.165, 1.54) is 12.8 Å². The average molecular weight is 281 g/mol. The molecule has 2 atom stereocenters. The minimum Gasteiger partial charge on any atom is -0.481 e. The summed E-state index contributed by atoms with van der Waals surface area (Å²) in [5.41, 5.74) is 0. The minimum atomic E-state index is -0.844. The number of amides is 2. The highest BCUT2D eigenvalue weighted by Crippen LogP contribution is 2.34. The summed E-state index contributed by atoms with van der Waals surface area (Å²) in [4.78, 5) is 25.2. The molecule has 20 heavy (non-hydrogen) atoms. The normalized spacial score (nSPS) is 28.1. The number of hydrogen-bond donors (Lipinski definition) is 3. The maximum Gasteiger partial charge on any atom is 0.315 e. The van der Waals surface area contributed by atoms with Gasteiger partial charge in [-0.25, -0.2) is 4.79 Å². The van der Waals surface area contributed by atoms with E-state index in [-0.39, 0.29) is 24.5 Å². The monoisotopic (exact) mass is 281 g/mol. The van der Waals surface area contributed by atoms with Gasteiger partial charge in [0, 0.05) is 31.2 Å². The van der Waals surface area contributed by atoms with Crippen LogP contribution in [0.1, 0.15) is 38.5 Å². The Morgan fingerprint density at radius 1 is 1.20 bits per heavy atom. The van der Waals surface area contributed by atoms with Gasteiger partial charge in [0.1, 0.15) is 0 Å². The molecule has 0 aromatic carbocycles. The molecule has 2 aliphatic carbocycles. The Kier molecular flexibility index (Phi) is 3.83. The van der Waals surface area contributed by atoms with E-state index >= 15 is 0 Å². The number of carboxylic acid groups (broad SMARTS) is 1. The Bertz CT molecular complexity index is 393. The first-order valence-corrected chi connectivity index (χ1v) is 7.64. The molecule has 3 N–H and O–H groups in total. The van der Waals surface area contributed by atoms with Crippen molar-refractivity contribution in [1.29, 1.82) is 0 Å². The van der Waals surface area contributed by atoms with Crippen molar-refractivity contribution in [2.24, 2.45) is 5.92 Å². The van der Waals surface area contributed by atoms with Crippen LogP contribution in [0.15, 0.2) is 0 Å². The highest BCUT2D eigenvalue weighted by molar-refractivity contribution is 5.76. The zero-order valence-corrected chi connectivity index (χ0v) is 11.7. The van der Waals surface area contributed by atoms with Crippen LogP contribution in [0.5, 0.6) is 0 Å². The van der Waals surface area contributed by atoms with Crippen LogP contribution in [0.2, 0.25) is 0 Å². The fourth-order valence-corrected chi connectivity index (χ4v) is 3.09. The number of aliphatic carboxylic acids is 1.